The Bertz CT molecular complexity index is 393. The molecule has 0 saturated heterocycles. The first-order chi connectivity index (χ1) is 8.91. The van der Waals surface area contributed by atoms with Gasteiger partial charge in [0, 0.05) is 24.2 Å². The number of hydrogen-bond donors (Lipinski definition) is 0. The van der Waals surface area contributed by atoms with Crippen molar-refractivity contribution in [1.29, 1.82) is 0 Å². The molecule has 0 heterocycles. The highest BCUT2D eigenvalue weighted by Gasteiger charge is 2.12. The predicted molar refractivity (Wildman–Crippen MR) is 79.1 cm³/mol. The van der Waals surface area contributed by atoms with E-state index in [1.165, 1.54) is 0 Å². The number of carbonyl (C=O) groups excluding carboxylic acids is 1. The van der Waals surface area contributed by atoms with Crippen molar-refractivity contribution in [1.82, 2.24) is 4.90 Å². The lowest BCUT2D eigenvalue weighted by Gasteiger charge is -2.30. The molecule has 0 aliphatic heterocycles. The summed E-state index contributed by atoms with van der Waals surface area (Å²) in [5, 5.41) is -0.447. The minimum atomic E-state index is -0.447. The molecule has 1 aromatic carbocycles. The molecule has 0 aliphatic rings. The van der Waals surface area contributed by atoms with Crippen LogP contribution in [0, 0.1) is 0 Å². The third kappa shape index (κ3) is 5.21. The first-order valence-corrected chi connectivity index (χ1v) is 6.98. The summed E-state index contributed by atoms with van der Waals surface area (Å²) in [6.45, 7) is 10.2. The Kier molecular flexibility index (Phi) is 6.32. The molecule has 106 valence electrons. The summed E-state index contributed by atoms with van der Waals surface area (Å²) >= 11 is 5.38. The smallest absolute Gasteiger partial charge is 0.252 e. The molecule has 0 radical (unpaired) electrons. The van der Waals surface area contributed by atoms with Crippen molar-refractivity contribution in [3.05, 3.63) is 29.8 Å². The molecule has 0 aliphatic carbocycles. The standard InChI is InChI=1S/C15H22ClNO2/c1-11(2)17(12(3)4)9-10-19-14-7-5-13(6-8-14)15(16)18/h5-8,11-12H,9-10H2,1-4H3. The largest absolute Gasteiger partial charge is 0.492 e. The summed E-state index contributed by atoms with van der Waals surface area (Å²) in [7, 11) is 0. The highest BCUT2D eigenvalue weighted by atomic mass is 35.5. The number of ether oxygens (including phenoxy) is 1. The molecule has 0 atom stereocenters. The van der Waals surface area contributed by atoms with Crippen molar-refractivity contribution >= 4 is 16.8 Å². The number of rotatable bonds is 7. The zero-order valence-corrected chi connectivity index (χ0v) is 12.8. The van der Waals surface area contributed by atoms with Crippen LogP contribution in [0.1, 0.15) is 38.1 Å². The minimum Gasteiger partial charge on any atom is -0.492 e. The van der Waals surface area contributed by atoms with Crippen LogP contribution in [0.15, 0.2) is 24.3 Å². The van der Waals surface area contributed by atoms with Crippen molar-refractivity contribution in [3.63, 3.8) is 0 Å². The summed E-state index contributed by atoms with van der Waals surface area (Å²) in [5.74, 6) is 0.758. The second-order valence-corrected chi connectivity index (χ2v) is 5.42. The van der Waals surface area contributed by atoms with E-state index in [-0.39, 0.29) is 0 Å². The highest BCUT2D eigenvalue weighted by Crippen LogP contribution is 2.14. The van der Waals surface area contributed by atoms with E-state index in [4.69, 9.17) is 16.3 Å². The summed E-state index contributed by atoms with van der Waals surface area (Å²) in [5.41, 5.74) is 0.486. The molecule has 0 unspecified atom stereocenters. The van der Waals surface area contributed by atoms with Gasteiger partial charge < -0.3 is 4.74 Å². The van der Waals surface area contributed by atoms with Gasteiger partial charge in [0.1, 0.15) is 12.4 Å². The van der Waals surface area contributed by atoms with Gasteiger partial charge in [-0.1, -0.05) is 0 Å². The van der Waals surface area contributed by atoms with E-state index < -0.39 is 5.24 Å². The SMILES string of the molecule is CC(C)N(CCOc1ccc(C(=O)Cl)cc1)C(C)C. The maximum absolute atomic E-state index is 10.9. The molecule has 19 heavy (non-hydrogen) atoms. The van der Waals surface area contributed by atoms with E-state index in [9.17, 15) is 4.79 Å². The van der Waals surface area contributed by atoms with Crippen LogP contribution >= 0.6 is 11.6 Å². The van der Waals surface area contributed by atoms with Gasteiger partial charge in [0.25, 0.3) is 5.24 Å². The molecule has 0 fully saturated rings. The Labute approximate surface area is 120 Å². The number of carbonyl (C=O) groups is 1. The first kappa shape index (κ1) is 16.0. The lowest BCUT2D eigenvalue weighted by atomic mass is 10.2. The Hall–Kier alpha value is -1.06. The number of halogens is 1. The second kappa shape index (κ2) is 7.51. The zero-order valence-electron chi connectivity index (χ0n) is 12.0. The Morgan fingerprint density at radius 3 is 2.11 bits per heavy atom. The van der Waals surface area contributed by atoms with Crippen molar-refractivity contribution in [3.8, 4) is 5.75 Å². The first-order valence-electron chi connectivity index (χ1n) is 6.60. The third-order valence-corrected chi connectivity index (χ3v) is 3.24. The van der Waals surface area contributed by atoms with Crippen LogP contribution in [0.5, 0.6) is 5.75 Å². The van der Waals surface area contributed by atoms with E-state index in [2.05, 4.69) is 32.6 Å². The molecule has 0 spiro atoms. The fourth-order valence-electron chi connectivity index (χ4n) is 2.06. The Morgan fingerprint density at radius 1 is 1.16 bits per heavy atom. The van der Waals surface area contributed by atoms with Gasteiger partial charge in [-0.05, 0) is 63.6 Å². The number of nitrogens with zero attached hydrogens (tertiary/aromatic N) is 1. The van der Waals surface area contributed by atoms with Gasteiger partial charge in [-0.2, -0.15) is 0 Å². The van der Waals surface area contributed by atoms with Crippen molar-refractivity contribution in [2.24, 2.45) is 0 Å². The zero-order chi connectivity index (χ0) is 14.4. The van der Waals surface area contributed by atoms with Crippen LogP contribution in [0.25, 0.3) is 0 Å². The Morgan fingerprint density at radius 2 is 1.68 bits per heavy atom. The fraction of sp³-hybridized carbons (Fsp3) is 0.533. The monoisotopic (exact) mass is 283 g/mol. The maximum atomic E-state index is 10.9. The minimum absolute atomic E-state index is 0.447. The molecule has 3 nitrogen and oxygen atoms in total. The number of benzene rings is 1. The average Bonchev–Trinajstić information content (AvgIpc) is 2.34. The van der Waals surface area contributed by atoms with Crippen LogP contribution in [-0.2, 0) is 0 Å². The molecule has 0 amide bonds. The topological polar surface area (TPSA) is 29.5 Å². The number of hydrogen-bond acceptors (Lipinski definition) is 3. The highest BCUT2D eigenvalue weighted by molar-refractivity contribution is 6.67. The van der Waals surface area contributed by atoms with Gasteiger partial charge >= 0.3 is 0 Å². The average molecular weight is 284 g/mol. The second-order valence-electron chi connectivity index (χ2n) is 5.07. The van der Waals surface area contributed by atoms with Crippen molar-refractivity contribution < 1.29 is 9.53 Å². The van der Waals surface area contributed by atoms with E-state index in [0.717, 1.165) is 12.3 Å². The molecule has 0 saturated carbocycles. The molecule has 1 aromatic rings. The third-order valence-electron chi connectivity index (χ3n) is 3.03. The lowest BCUT2D eigenvalue weighted by molar-refractivity contribution is 0.108. The molecule has 0 aromatic heterocycles. The summed E-state index contributed by atoms with van der Waals surface area (Å²) in [4.78, 5) is 13.3. The van der Waals surface area contributed by atoms with Gasteiger partial charge in [-0.15, -0.1) is 0 Å². The fourth-order valence-corrected chi connectivity index (χ4v) is 2.19. The van der Waals surface area contributed by atoms with E-state index >= 15 is 0 Å². The summed E-state index contributed by atoms with van der Waals surface area (Å²) < 4.78 is 5.68. The molecule has 0 bridgehead atoms. The van der Waals surface area contributed by atoms with Crippen LogP contribution in [0.2, 0.25) is 0 Å². The van der Waals surface area contributed by atoms with Crippen LogP contribution in [0.3, 0.4) is 0 Å². The van der Waals surface area contributed by atoms with Crippen molar-refractivity contribution in [2.75, 3.05) is 13.2 Å². The maximum Gasteiger partial charge on any atom is 0.252 e. The van der Waals surface area contributed by atoms with Gasteiger partial charge in [0.2, 0.25) is 0 Å². The summed E-state index contributed by atoms with van der Waals surface area (Å²) in [6, 6.07) is 7.88. The van der Waals surface area contributed by atoms with Crippen molar-refractivity contribution in [2.45, 2.75) is 39.8 Å². The Balaban J connectivity index is 2.46. The molecular weight excluding hydrogens is 262 g/mol. The van der Waals surface area contributed by atoms with Gasteiger partial charge in [0.05, 0.1) is 0 Å². The van der Waals surface area contributed by atoms with Gasteiger partial charge in [0.15, 0.2) is 0 Å². The molecular formula is C15H22ClNO2. The van der Waals surface area contributed by atoms with E-state index in [0.29, 0.717) is 24.3 Å². The van der Waals surface area contributed by atoms with Crippen LogP contribution < -0.4 is 4.74 Å². The van der Waals surface area contributed by atoms with E-state index in [1.807, 2.05) is 0 Å². The lowest BCUT2D eigenvalue weighted by Crippen LogP contribution is -2.39. The quantitative estimate of drug-likeness (QED) is 0.717. The van der Waals surface area contributed by atoms with Crippen LogP contribution in [0.4, 0.5) is 0 Å². The summed E-state index contributed by atoms with van der Waals surface area (Å²) in [6.07, 6.45) is 0. The van der Waals surface area contributed by atoms with Gasteiger partial charge in [-0.3, -0.25) is 9.69 Å². The molecule has 1 rings (SSSR count). The normalized spacial score (nSPS) is 11.4. The molecule has 0 N–H and O–H groups in total. The van der Waals surface area contributed by atoms with Crippen LogP contribution in [-0.4, -0.2) is 35.4 Å². The van der Waals surface area contributed by atoms with Gasteiger partial charge in [-0.25, -0.2) is 0 Å². The van der Waals surface area contributed by atoms with E-state index in [1.54, 1.807) is 24.3 Å². The molecule has 4 heteroatoms. The predicted octanol–water partition coefficient (Wildman–Crippen LogP) is 3.56.